The van der Waals surface area contributed by atoms with E-state index in [1.54, 1.807) is 4.68 Å². The SMILES string of the molecule is Cn1cc([C@H]2CNC[C@@H]2C(=O)NCc2ccc(Cl)s2)cn1. The largest absolute Gasteiger partial charge is 0.351 e. The fraction of sp³-hybridized carbons (Fsp3) is 0.429. The standard InChI is InChI=1S/C14H17ClN4OS/c1-19-8-9(4-18-19)11-6-16-7-12(11)14(20)17-5-10-2-3-13(15)21-10/h2-4,8,11-12,16H,5-7H2,1H3,(H,17,20)/t11-,12+/m1/s1. The number of nitrogens with zero attached hydrogens (tertiary/aromatic N) is 2. The van der Waals surface area contributed by atoms with Crippen molar-refractivity contribution in [3.8, 4) is 0 Å². The minimum Gasteiger partial charge on any atom is -0.351 e. The van der Waals surface area contributed by atoms with Crippen LogP contribution in [0.4, 0.5) is 0 Å². The van der Waals surface area contributed by atoms with E-state index in [9.17, 15) is 4.79 Å². The minimum absolute atomic E-state index is 0.0513. The summed E-state index contributed by atoms with van der Waals surface area (Å²) >= 11 is 7.39. The van der Waals surface area contributed by atoms with Crippen molar-refractivity contribution in [1.29, 1.82) is 0 Å². The molecule has 0 radical (unpaired) electrons. The van der Waals surface area contributed by atoms with E-state index in [-0.39, 0.29) is 17.7 Å². The van der Waals surface area contributed by atoms with Gasteiger partial charge in [-0.15, -0.1) is 11.3 Å². The Morgan fingerprint density at radius 1 is 1.57 bits per heavy atom. The van der Waals surface area contributed by atoms with Crippen LogP contribution in [-0.4, -0.2) is 28.8 Å². The zero-order valence-electron chi connectivity index (χ0n) is 11.7. The average Bonchev–Trinajstić information content (AvgIpc) is 3.16. The Hall–Kier alpha value is -1.37. The summed E-state index contributed by atoms with van der Waals surface area (Å²) in [5.41, 5.74) is 1.11. The molecular formula is C14H17ClN4OS. The van der Waals surface area contributed by atoms with Gasteiger partial charge in [-0.3, -0.25) is 9.48 Å². The zero-order valence-corrected chi connectivity index (χ0v) is 13.2. The predicted molar refractivity (Wildman–Crippen MR) is 83.5 cm³/mol. The summed E-state index contributed by atoms with van der Waals surface area (Å²) in [5, 5.41) is 10.5. The van der Waals surface area contributed by atoms with E-state index in [4.69, 9.17) is 11.6 Å². The zero-order chi connectivity index (χ0) is 14.8. The summed E-state index contributed by atoms with van der Waals surface area (Å²) < 4.78 is 2.52. The van der Waals surface area contributed by atoms with Crippen LogP contribution in [0.1, 0.15) is 16.4 Å². The Bertz CT molecular complexity index is 638. The van der Waals surface area contributed by atoms with E-state index in [0.717, 1.165) is 21.3 Å². The Kier molecular flexibility index (Phi) is 4.28. The number of thiophene rings is 1. The quantitative estimate of drug-likeness (QED) is 0.901. The van der Waals surface area contributed by atoms with E-state index in [2.05, 4.69) is 15.7 Å². The van der Waals surface area contributed by atoms with Crippen LogP contribution < -0.4 is 10.6 Å². The molecule has 0 unspecified atom stereocenters. The van der Waals surface area contributed by atoms with Crippen molar-refractivity contribution in [2.45, 2.75) is 12.5 Å². The molecule has 0 saturated carbocycles. The molecule has 2 aromatic heterocycles. The van der Waals surface area contributed by atoms with Crippen LogP contribution in [0.3, 0.4) is 0 Å². The second-order valence-electron chi connectivity index (χ2n) is 5.24. The first kappa shape index (κ1) is 14.6. The number of hydrogen-bond acceptors (Lipinski definition) is 4. The molecule has 0 aromatic carbocycles. The first-order valence-electron chi connectivity index (χ1n) is 6.84. The topological polar surface area (TPSA) is 59.0 Å². The van der Waals surface area contributed by atoms with E-state index in [1.165, 1.54) is 11.3 Å². The van der Waals surface area contributed by atoms with Gasteiger partial charge in [-0.2, -0.15) is 5.10 Å². The summed E-state index contributed by atoms with van der Waals surface area (Å²) in [6.07, 6.45) is 3.83. The van der Waals surface area contributed by atoms with Crippen LogP contribution in [0.2, 0.25) is 4.34 Å². The number of amides is 1. The van der Waals surface area contributed by atoms with Crippen LogP contribution in [0.25, 0.3) is 0 Å². The fourth-order valence-corrected chi connectivity index (χ4v) is 3.72. The molecule has 2 atom stereocenters. The molecule has 1 aliphatic heterocycles. The Labute approximate surface area is 132 Å². The molecule has 1 amide bonds. The maximum absolute atomic E-state index is 12.4. The Morgan fingerprint density at radius 3 is 3.10 bits per heavy atom. The maximum Gasteiger partial charge on any atom is 0.225 e. The van der Waals surface area contributed by atoms with Gasteiger partial charge in [0.15, 0.2) is 0 Å². The smallest absolute Gasteiger partial charge is 0.225 e. The Morgan fingerprint density at radius 2 is 2.43 bits per heavy atom. The van der Waals surface area contributed by atoms with Crippen molar-refractivity contribution < 1.29 is 4.79 Å². The van der Waals surface area contributed by atoms with Crippen molar-refractivity contribution in [2.24, 2.45) is 13.0 Å². The molecule has 3 rings (SSSR count). The van der Waals surface area contributed by atoms with E-state index >= 15 is 0 Å². The number of hydrogen-bond donors (Lipinski definition) is 2. The third kappa shape index (κ3) is 3.28. The van der Waals surface area contributed by atoms with Crippen molar-refractivity contribution >= 4 is 28.8 Å². The van der Waals surface area contributed by atoms with Crippen molar-refractivity contribution in [2.75, 3.05) is 13.1 Å². The molecule has 1 fully saturated rings. The van der Waals surface area contributed by atoms with E-state index in [0.29, 0.717) is 13.1 Å². The molecule has 112 valence electrons. The molecule has 5 nitrogen and oxygen atoms in total. The van der Waals surface area contributed by atoms with Gasteiger partial charge in [0.05, 0.1) is 23.0 Å². The minimum atomic E-state index is -0.0513. The van der Waals surface area contributed by atoms with Gasteiger partial charge in [0.25, 0.3) is 0 Å². The van der Waals surface area contributed by atoms with Gasteiger partial charge in [-0.1, -0.05) is 11.6 Å². The molecular weight excluding hydrogens is 308 g/mol. The highest BCUT2D eigenvalue weighted by molar-refractivity contribution is 7.16. The summed E-state index contributed by atoms with van der Waals surface area (Å²) in [5.74, 6) is 0.216. The van der Waals surface area contributed by atoms with Gasteiger partial charge >= 0.3 is 0 Å². The number of halogens is 1. The Balaban J connectivity index is 1.63. The van der Waals surface area contributed by atoms with Gasteiger partial charge in [0.2, 0.25) is 5.91 Å². The molecule has 7 heteroatoms. The lowest BCUT2D eigenvalue weighted by atomic mass is 9.90. The third-order valence-electron chi connectivity index (χ3n) is 3.77. The van der Waals surface area contributed by atoms with Gasteiger partial charge in [-0.05, 0) is 17.7 Å². The fourth-order valence-electron chi connectivity index (χ4n) is 2.69. The summed E-state index contributed by atoms with van der Waals surface area (Å²) in [6.45, 7) is 2.05. The second-order valence-corrected chi connectivity index (χ2v) is 7.04. The number of rotatable bonds is 4. The number of aromatic nitrogens is 2. The predicted octanol–water partition coefficient (Wildman–Crippen LogP) is 1.75. The highest BCUT2D eigenvalue weighted by Crippen LogP contribution is 2.28. The number of carbonyl (C=O) groups excluding carboxylic acids is 1. The number of nitrogens with one attached hydrogen (secondary N) is 2. The number of aryl methyl sites for hydroxylation is 1. The van der Waals surface area contributed by atoms with Crippen LogP contribution in [-0.2, 0) is 18.4 Å². The molecule has 0 aliphatic carbocycles. The van der Waals surface area contributed by atoms with Crippen molar-refractivity contribution in [3.63, 3.8) is 0 Å². The van der Waals surface area contributed by atoms with Crippen LogP contribution in [0.15, 0.2) is 24.5 Å². The van der Waals surface area contributed by atoms with Gasteiger partial charge < -0.3 is 10.6 Å². The van der Waals surface area contributed by atoms with Crippen LogP contribution in [0.5, 0.6) is 0 Å². The molecule has 21 heavy (non-hydrogen) atoms. The second kappa shape index (κ2) is 6.17. The highest BCUT2D eigenvalue weighted by atomic mass is 35.5. The lowest BCUT2D eigenvalue weighted by Gasteiger charge is -2.16. The van der Waals surface area contributed by atoms with Gasteiger partial charge in [0, 0.05) is 37.1 Å². The average molecular weight is 325 g/mol. The first-order valence-corrected chi connectivity index (χ1v) is 8.04. The summed E-state index contributed by atoms with van der Waals surface area (Å²) in [4.78, 5) is 13.5. The lowest BCUT2D eigenvalue weighted by Crippen LogP contribution is -2.33. The summed E-state index contributed by atoms with van der Waals surface area (Å²) in [6, 6.07) is 3.79. The van der Waals surface area contributed by atoms with Crippen molar-refractivity contribution in [3.05, 3.63) is 39.3 Å². The monoisotopic (exact) mass is 324 g/mol. The van der Waals surface area contributed by atoms with Gasteiger partial charge in [-0.25, -0.2) is 0 Å². The summed E-state index contributed by atoms with van der Waals surface area (Å²) in [7, 11) is 1.89. The molecule has 0 bridgehead atoms. The molecule has 2 aromatic rings. The van der Waals surface area contributed by atoms with Crippen LogP contribution >= 0.6 is 22.9 Å². The molecule has 1 aliphatic rings. The molecule has 2 N–H and O–H groups in total. The van der Waals surface area contributed by atoms with Crippen LogP contribution in [0, 0.1) is 5.92 Å². The highest BCUT2D eigenvalue weighted by Gasteiger charge is 2.34. The van der Waals surface area contributed by atoms with E-state index in [1.807, 2.05) is 31.6 Å². The molecule has 0 spiro atoms. The maximum atomic E-state index is 12.4. The normalized spacial score (nSPS) is 21.6. The van der Waals surface area contributed by atoms with Gasteiger partial charge in [0.1, 0.15) is 0 Å². The third-order valence-corrected chi connectivity index (χ3v) is 5.00. The lowest BCUT2D eigenvalue weighted by molar-refractivity contribution is -0.124. The molecule has 1 saturated heterocycles. The first-order chi connectivity index (χ1) is 10.1. The molecule has 3 heterocycles. The van der Waals surface area contributed by atoms with Crippen molar-refractivity contribution in [1.82, 2.24) is 20.4 Å². The van der Waals surface area contributed by atoms with E-state index < -0.39 is 0 Å². The number of carbonyl (C=O) groups is 1.